The summed E-state index contributed by atoms with van der Waals surface area (Å²) >= 11 is 1.42. The molecule has 24 heavy (non-hydrogen) atoms. The van der Waals surface area contributed by atoms with Crippen molar-refractivity contribution >= 4 is 28.1 Å². The Kier molecular flexibility index (Phi) is 4.26. The smallest absolute Gasteiger partial charge is 0.265 e. The van der Waals surface area contributed by atoms with Crippen LogP contribution in [0.4, 0.5) is 0 Å². The zero-order valence-corrected chi connectivity index (χ0v) is 14.2. The predicted molar refractivity (Wildman–Crippen MR) is 96.2 cm³/mol. The first kappa shape index (κ1) is 15.3. The molecule has 5 heteroatoms. The normalized spacial score (nSPS) is 18.0. The molecule has 0 spiro atoms. The largest absolute Gasteiger partial charge is 0.338 e. The van der Waals surface area contributed by atoms with Gasteiger partial charge in [0.15, 0.2) is 0 Å². The number of likely N-dealkylation sites (tertiary alicyclic amines) is 1. The van der Waals surface area contributed by atoms with Crippen LogP contribution in [0.15, 0.2) is 48.2 Å². The number of carbonyl (C=O) groups excluding carboxylic acids is 1. The SMILES string of the molecule is O=C(c1cncs1)N1CCC[C@H](Cc2cccc3cccnc23)C1. The number of pyridine rings is 1. The third-order valence-corrected chi connectivity index (χ3v) is 5.44. The molecule has 1 aliphatic heterocycles. The van der Waals surface area contributed by atoms with Crippen molar-refractivity contribution in [3.05, 3.63) is 58.7 Å². The van der Waals surface area contributed by atoms with Gasteiger partial charge in [-0.25, -0.2) is 0 Å². The number of nitrogens with zero attached hydrogens (tertiary/aromatic N) is 3. The van der Waals surface area contributed by atoms with Crippen LogP contribution in [0.25, 0.3) is 10.9 Å². The van der Waals surface area contributed by atoms with Crippen LogP contribution in [0.5, 0.6) is 0 Å². The standard InChI is InChI=1S/C19H19N3OS/c23-19(17-11-20-13-24-17)22-9-3-4-14(12-22)10-16-6-1-5-15-7-2-8-21-18(15)16/h1-2,5-8,11,13-14H,3-4,9-10,12H2/t14-/m1/s1. The Morgan fingerprint density at radius 2 is 2.21 bits per heavy atom. The second kappa shape index (κ2) is 6.69. The highest BCUT2D eigenvalue weighted by Crippen LogP contribution is 2.25. The van der Waals surface area contributed by atoms with Crippen molar-refractivity contribution in [2.24, 2.45) is 5.92 Å². The van der Waals surface area contributed by atoms with E-state index in [0.717, 1.165) is 42.7 Å². The molecule has 3 aromatic rings. The summed E-state index contributed by atoms with van der Waals surface area (Å²) in [4.78, 5) is 23.9. The first-order chi connectivity index (χ1) is 11.8. The Balaban J connectivity index is 1.51. The molecular weight excluding hydrogens is 318 g/mol. The van der Waals surface area contributed by atoms with Gasteiger partial charge < -0.3 is 4.90 Å². The number of piperidine rings is 1. The monoisotopic (exact) mass is 337 g/mol. The number of hydrogen-bond acceptors (Lipinski definition) is 4. The molecule has 4 nitrogen and oxygen atoms in total. The minimum Gasteiger partial charge on any atom is -0.338 e. The number of carbonyl (C=O) groups is 1. The van der Waals surface area contributed by atoms with Crippen LogP contribution < -0.4 is 0 Å². The summed E-state index contributed by atoms with van der Waals surface area (Å²) in [7, 11) is 0. The fraction of sp³-hybridized carbons (Fsp3) is 0.316. The van der Waals surface area contributed by atoms with E-state index in [4.69, 9.17) is 0 Å². The van der Waals surface area contributed by atoms with E-state index in [1.165, 1.54) is 22.3 Å². The molecule has 0 saturated carbocycles. The first-order valence-electron chi connectivity index (χ1n) is 8.31. The predicted octanol–water partition coefficient (Wildman–Crippen LogP) is 3.79. The van der Waals surface area contributed by atoms with Crippen LogP contribution in [0.1, 0.15) is 28.1 Å². The van der Waals surface area contributed by atoms with E-state index in [2.05, 4.69) is 34.2 Å². The van der Waals surface area contributed by atoms with Gasteiger partial charge in [-0.3, -0.25) is 14.8 Å². The van der Waals surface area contributed by atoms with Crippen LogP contribution in [0, 0.1) is 5.92 Å². The molecule has 1 aromatic carbocycles. The molecule has 3 heterocycles. The van der Waals surface area contributed by atoms with Crippen molar-refractivity contribution in [1.29, 1.82) is 0 Å². The Morgan fingerprint density at radius 3 is 3.08 bits per heavy atom. The second-order valence-electron chi connectivity index (χ2n) is 6.32. The molecular formula is C19H19N3OS. The number of para-hydroxylation sites is 1. The summed E-state index contributed by atoms with van der Waals surface area (Å²) < 4.78 is 0. The fourth-order valence-corrected chi connectivity index (χ4v) is 4.12. The van der Waals surface area contributed by atoms with Crippen molar-refractivity contribution in [2.75, 3.05) is 13.1 Å². The van der Waals surface area contributed by atoms with E-state index in [-0.39, 0.29) is 5.91 Å². The molecule has 0 radical (unpaired) electrons. The molecule has 1 saturated heterocycles. The third-order valence-electron chi connectivity index (χ3n) is 4.67. The summed E-state index contributed by atoms with van der Waals surface area (Å²) in [6.45, 7) is 1.67. The molecule has 122 valence electrons. The number of hydrogen-bond donors (Lipinski definition) is 0. The summed E-state index contributed by atoms with van der Waals surface area (Å²) in [5.74, 6) is 0.612. The molecule has 1 fully saturated rings. The lowest BCUT2D eigenvalue weighted by Crippen LogP contribution is -2.40. The number of aromatic nitrogens is 2. The van der Waals surface area contributed by atoms with Crippen molar-refractivity contribution < 1.29 is 4.79 Å². The Hall–Kier alpha value is -2.27. The van der Waals surface area contributed by atoms with E-state index in [9.17, 15) is 4.79 Å². The first-order valence-corrected chi connectivity index (χ1v) is 9.19. The fourth-order valence-electron chi connectivity index (χ4n) is 3.54. The average Bonchev–Trinajstić information content (AvgIpc) is 3.16. The number of thiazole rings is 1. The van der Waals surface area contributed by atoms with Crippen LogP contribution in [0.3, 0.4) is 0 Å². The maximum atomic E-state index is 12.6. The van der Waals surface area contributed by atoms with Gasteiger partial charge in [0.2, 0.25) is 0 Å². The average molecular weight is 337 g/mol. The van der Waals surface area contributed by atoms with Crippen LogP contribution >= 0.6 is 11.3 Å². The van der Waals surface area contributed by atoms with Crippen LogP contribution in [0.2, 0.25) is 0 Å². The van der Waals surface area contributed by atoms with Crippen molar-refractivity contribution in [3.8, 4) is 0 Å². The van der Waals surface area contributed by atoms with E-state index in [0.29, 0.717) is 5.92 Å². The quantitative estimate of drug-likeness (QED) is 0.730. The van der Waals surface area contributed by atoms with Crippen molar-refractivity contribution in [2.45, 2.75) is 19.3 Å². The van der Waals surface area contributed by atoms with Gasteiger partial charge in [-0.15, -0.1) is 11.3 Å². The zero-order chi connectivity index (χ0) is 16.4. The van der Waals surface area contributed by atoms with Gasteiger partial charge in [-0.05, 0) is 36.8 Å². The van der Waals surface area contributed by atoms with Crippen molar-refractivity contribution in [3.63, 3.8) is 0 Å². The molecule has 1 atom stereocenters. The maximum Gasteiger partial charge on any atom is 0.265 e. The maximum absolute atomic E-state index is 12.6. The van der Waals surface area contributed by atoms with Crippen LogP contribution in [-0.2, 0) is 6.42 Å². The second-order valence-corrected chi connectivity index (χ2v) is 7.21. The van der Waals surface area contributed by atoms with Gasteiger partial charge in [-0.1, -0.05) is 24.3 Å². The molecule has 0 bridgehead atoms. The Labute approximate surface area is 145 Å². The highest BCUT2D eigenvalue weighted by Gasteiger charge is 2.25. The Bertz CT molecular complexity index is 841. The van der Waals surface area contributed by atoms with E-state index in [1.54, 1.807) is 11.7 Å². The van der Waals surface area contributed by atoms with Crippen LogP contribution in [-0.4, -0.2) is 33.9 Å². The summed E-state index contributed by atoms with van der Waals surface area (Å²) in [6, 6.07) is 10.4. The number of amides is 1. The van der Waals surface area contributed by atoms with Gasteiger partial charge in [-0.2, -0.15) is 0 Å². The lowest BCUT2D eigenvalue weighted by atomic mass is 9.90. The number of fused-ring (bicyclic) bond motifs is 1. The minimum atomic E-state index is 0.123. The molecule has 1 aliphatic rings. The van der Waals surface area contributed by atoms with E-state index >= 15 is 0 Å². The number of benzene rings is 1. The molecule has 0 unspecified atom stereocenters. The summed E-state index contributed by atoms with van der Waals surface area (Å²) in [6.07, 6.45) is 6.72. The van der Waals surface area contributed by atoms with E-state index in [1.807, 2.05) is 17.2 Å². The molecule has 1 amide bonds. The molecule has 4 rings (SSSR count). The summed E-state index contributed by atoms with van der Waals surface area (Å²) in [5.41, 5.74) is 4.09. The molecule has 2 aromatic heterocycles. The molecule has 0 aliphatic carbocycles. The lowest BCUT2D eigenvalue weighted by molar-refractivity contribution is 0.0678. The third kappa shape index (κ3) is 3.04. The highest BCUT2D eigenvalue weighted by atomic mass is 32.1. The lowest BCUT2D eigenvalue weighted by Gasteiger charge is -2.32. The number of rotatable bonds is 3. The summed E-state index contributed by atoms with van der Waals surface area (Å²) in [5, 5.41) is 1.18. The zero-order valence-electron chi connectivity index (χ0n) is 13.4. The minimum absolute atomic E-state index is 0.123. The molecule has 0 N–H and O–H groups in total. The van der Waals surface area contributed by atoms with Gasteiger partial charge in [0.05, 0.1) is 17.2 Å². The topological polar surface area (TPSA) is 46.1 Å². The highest BCUT2D eigenvalue weighted by molar-refractivity contribution is 7.11. The van der Waals surface area contributed by atoms with Gasteiger partial charge in [0.25, 0.3) is 5.91 Å². The van der Waals surface area contributed by atoms with Gasteiger partial charge in [0, 0.05) is 24.7 Å². The van der Waals surface area contributed by atoms with Gasteiger partial charge >= 0.3 is 0 Å². The Morgan fingerprint density at radius 1 is 1.29 bits per heavy atom. The van der Waals surface area contributed by atoms with Crippen molar-refractivity contribution in [1.82, 2.24) is 14.9 Å². The van der Waals surface area contributed by atoms with Gasteiger partial charge in [0.1, 0.15) is 4.88 Å². The van der Waals surface area contributed by atoms with E-state index < -0.39 is 0 Å².